The van der Waals surface area contributed by atoms with Crippen LogP contribution in [0.5, 0.6) is 5.75 Å². The molecule has 0 saturated heterocycles. The average molecular weight is 382 g/mol. The number of hydrazine groups is 1. The molecule has 2 atom stereocenters. The maximum Gasteiger partial charge on any atom is 0.274 e. The molecule has 0 bridgehead atoms. The summed E-state index contributed by atoms with van der Waals surface area (Å²) in [5.74, 6) is 5.34. The van der Waals surface area contributed by atoms with Gasteiger partial charge >= 0.3 is 0 Å². The number of hydrogen-bond donors (Lipinski definition) is 4. The van der Waals surface area contributed by atoms with Crippen LogP contribution in [0.15, 0.2) is 24.3 Å². The molecule has 1 aromatic rings. The number of ether oxygens (including phenoxy) is 1. The Bertz CT molecular complexity index is 508. The monoisotopic (exact) mass is 381 g/mol. The number of unbranched alkanes of at least 4 members (excludes halogenated alkanes) is 9. The predicted octanol–water partition coefficient (Wildman–Crippen LogP) is 3.14. The van der Waals surface area contributed by atoms with Gasteiger partial charge in [-0.2, -0.15) is 5.23 Å². The normalized spacial score (nSPS) is 13.2. The molecule has 7 heteroatoms. The van der Waals surface area contributed by atoms with E-state index in [2.05, 4.69) is 12.3 Å². The third kappa shape index (κ3) is 10.3. The molecule has 154 valence electrons. The first-order valence-electron chi connectivity index (χ1n) is 10.1. The summed E-state index contributed by atoms with van der Waals surface area (Å²) in [6, 6.07) is 6.02. The number of carbonyl (C=O) groups is 1. The largest absolute Gasteiger partial charge is 0.595 e. The molecule has 5 N–H and O–H groups in total. The Morgan fingerprint density at radius 2 is 1.59 bits per heavy atom. The minimum Gasteiger partial charge on any atom is -0.595 e. The van der Waals surface area contributed by atoms with Crippen LogP contribution in [0.3, 0.4) is 0 Å². The van der Waals surface area contributed by atoms with E-state index in [1.165, 1.54) is 57.1 Å². The van der Waals surface area contributed by atoms with Gasteiger partial charge in [-0.15, -0.1) is 0 Å². The van der Waals surface area contributed by atoms with Crippen molar-refractivity contribution >= 4 is 11.6 Å². The number of quaternary nitrogens is 1. The summed E-state index contributed by atoms with van der Waals surface area (Å²) in [5, 5.41) is 18.8. The molecule has 1 aromatic carbocycles. The molecule has 0 radical (unpaired) electrons. The van der Waals surface area contributed by atoms with Crippen molar-refractivity contribution in [2.75, 3.05) is 0 Å². The molecule has 0 heterocycles. The second kappa shape index (κ2) is 14.4. The SMILES string of the molecule is CCCCCCCCCCCCC(Oc1ccc([NH+]([O-])O)cc1)C(=O)NN. The molecule has 0 fully saturated rings. The Morgan fingerprint density at radius 3 is 2.07 bits per heavy atom. The fraction of sp³-hybridized carbons (Fsp3) is 0.650. The van der Waals surface area contributed by atoms with Crippen molar-refractivity contribution in [1.82, 2.24) is 5.43 Å². The van der Waals surface area contributed by atoms with Crippen LogP contribution in [-0.4, -0.2) is 17.2 Å². The molecular weight excluding hydrogens is 346 g/mol. The fourth-order valence-electron chi connectivity index (χ4n) is 2.99. The van der Waals surface area contributed by atoms with Crippen LogP contribution in [0.1, 0.15) is 77.6 Å². The van der Waals surface area contributed by atoms with Gasteiger partial charge in [-0.25, -0.2) is 11.0 Å². The van der Waals surface area contributed by atoms with E-state index in [9.17, 15) is 10.0 Å². The Kier molecular flexibility index (Phi) is 12.5. The molecule has 0 aliphatic rings. The molecule has 0 spiro atoms. The number of nitrogens with two attached hydrogens (primary N) is 1. The van der Waals surface area contributed by atoms with Gasteiger partial charge in [-0.1, -0.05) is 64.7 Å². The standard InChI is InChI=1S/C20H35N3O4/c1-2-3-4-5-6-7-8-9-10-11-12-19(20(24)22-21)27-18-15-13-17(14-16-18)23(25)26/h13-16,19,23,25H,2-12,21H2,1H3,(H,22,24). The molecular formula is C20H35N3O4. The predicted molar refractivity (Wildman–Crippen MR) is 105 cm³/mol. The van der Waals surface area contributed by atoms with Crippen LogP contribution in [-0.2, 0) is 4.79 Å². The zero-order valence-electron chi connectivity index (χ0n) is 16.4. The molecule has 0 saturated carbocycles. The van der Waals surface area contributed by atoms with E-state index in [0.717, 1.165) is 19.3 Å². The van der Waals surface area contributed by atoms with Gasteiger partial charge < -0.3 is 9.94 Å². The van der Waals surface area contributed by atoms with Gasteiger partial charge in [-0.05, 0) is 25.0 Å². The van der Waals surface area contributed by atoms with Gasteiger partial charge in [0.25, 0.3) is 5.91 Å². The Balaban J connectivity index is 2.27. The van der Waals surface area contributed by atoms with Gasteiger partial charge in [0.05, 0.1) is 0 Å². The Morgan fingerprint density at radius 1 is 1.07 bits per heavy atom. The highest BCUT2D eigenvalue weighted by molar-refractivity contribution is 5.80. The summed E-state index contributed by atoms with van der Waals surface area (Å²) in [6.45, 7) is 2.23. The van der Waals surface area contributed by atoms with Crippen LogP contribution in [0.25, 0.3) is 0 Å². The van der Waals surface area contributed by atoms with Gasteiger partial charge in [0.15, 0.2) is 11.8 Å². The summed E-state index contributed by atoms with van der Waals surface area (Å²) in [6.07, 6.45) is 12.2. The van der Waals surface area contributed by atoms with Crippen LogP contribution in [0.2, 0.25) is 0 Å². The lowest BCUT2D eigenvalue weighted by Gasteiger charge is -2.18. The fourth-order valence-corrected chi connectivity index (χ4v) is 2.99. The van der Waals surface area contributed by atoms with Crippen molar-refractivity contribution in [2.24, 2.45) is 5.84 Å². The van der Waals surface area contributed by atoms with E-state index in [4.69, 9.17) is 15.8 Å². The van der Waals surface area contributed by atoms with Crippen molar-refractivity contribution in [1.29, 1.82) is 0 Å². The molecule has 27 heavy (non-hydrogen) atoms. The molecule has 1 amide bonds. The molecule has 0 aromatic heterocycles. The van der Waals surface area contributed by atoms with Crippen molar-refractivity contribution in [3.8, 4) is 5.75 Å². The molecule has 0 aliphatic carbocycles. The van der Waals surface area contributed by atoms with Crippen LogP contribution >= 0.6 is 0 Å². The molecule has 2 unspecified atom stereocenters. The molecule has 1 rings (SSSR count). The maximum atomic E-state index is 11.9. The lowest BCUT2D eigenvalue weighted by Crippen LogP contribution is -2.99. The van der Waals surface area contributed by atoms with E-state index in [1.807, 2.05) is 0 Å². The minimum absolute atomic E-state index is 0.178. The Labute approximate surface area is 162 Å². The first-order valence-corrected chi connectivity index (χ1v) is 10.1. The van der Waals surface area contributed by atoms with Gasteiger partial charge in [-0.3, -0.25) is 10.2 Å². The quantitative estimate of drug-likeness (QED) is 0.161. The molecule has 7 nitrogen and oxygen atoms in total. The van der Waals surface area contributed by atoms with E-state index < -0.39 is 11.3 Å². The third-order valence-corrected chi connectivity index (χ3v) is 4.63. The van der Waals surface area contributed by atoms with Crippen LogP contribution < -0.4 is 21.2 Å². The number of benzene rings is 1. The number of hydrogen-bond acceptors (Lipinski definition) is 5. The van der Waals surface area contributed by atoms with Gasteiger partial charge in [0, 0.05) is 12.1 Å². The van der Waals surface area contributed by atoms with Gasteiger partial charge in [0.1, 0.15) is 5.75 Å². The number of nitrogens with one attached hydrogen (secondary N) is 2. The van der Waals surface area contributed by atoms with Crippen molar-refractivity contribution in [3.63, 3.8) is 0 Å². The summed E-state index contributed by atoms with van der Waals surface area (Å²) >= 11 is 0. The average Bonchev–Trinajstić information content (AvgIpc) is 2.68. The summed E-state index contributed by atoms with van der Waals surface area (Å²) in [5.41, 5.74) is 2.32. The minimum atomic E-state index is -0.997. The van der Waals surface area contributed by atoms with E-state index in [0.29, 0.717) is 12.2 Å². The first-order chi connectivity index (χ1) is 13.1. The first kappa shape index (κ1) is 23.4. The van der Waals surface area contributed by atoms with Crippen molar-refractivity contribution in [3.05, 3.63) is 29.5 Å². The topological polar surface area (TPSA) is 112 Å². The number of rotatable bonds is 15. The molecule has 0 aliphatic heterocycles. The second-order valence-electron chi connectivity index (χ2n) is 6.92. The highest BCUT2D eigenvalue weighted by Gasteiger charge is 2.19. The van der Waals surface area contributed by atoms with E-state index in [-0.39, 0.29) is 11.6 Å². The van der Waals surface area contributed by atoms with E-state index in [1.54, 1.807) is 12.1 Å². The Hall–Kier alpha value is -1.67. The second-order valence-corrected chi connectivity index (χ2v) is 6.92. The third-order valence-electron chi connectivity index (χ3n) is 4.63. The van der Waals surface area contributed by atoms with Crippen molar-refractivity contribution < 1.29 is 20.0 Å². The number of amides is 1. The lowest BCUT2D eigenvalue weighted by molar-refractivity contribution is -0.991. The van der Waals surface area contributed by atoms with Crippen LogP contribution in [0.4, 0.5) is 5.69 Å². The maximum absolute atomic E-state index is 11.9. The van der Waals surface area contributed by atoms with Crippen molar-refractivity contribution in [2.45, 2.75) is 83.7 Å². The van der Waals surface area contributed by atoms with Gasteiger partial charge in [0.2, 0.25) is 0 Å². The van der Waals surface area contributed by atoms with Crippen LogP contribution in [0, 0.1) is 5.21 Å². The zero-order valence-corrected chi connectivity index (χ0v) is 16.4. The number of carbonyl (C=O) groups excluding carboxylic acids is 1. The highest BCUT2D eigenvalue weighted by atomic mass is 16.8. The summed E-state index contributed by atoms with van der Waals surface area (Å²) < 4.78 is 5.70. The lowest BCUT2D eigenvalue weighted by atomic mass is 10.0. The summed E-state index contributed by atoms with van der Waals surface area (Å²) in [4.78, 5) is 11.9. The zero-order chi connectivity index (χ0) is 19.9. The summed E-state index contributed by atoms with van der Waals surface area (Å²) in [7, 11) is 0. The smallest absolute Gasteiger partial charge is 0.274 e. The highest BCUT2D eigenvalue weighted by Crippen LogP contribution is 2.18. The van der Waals surface area contributed by atoms with E-state index >= 15 is 0 Å².